The fraction of sp³-hybridized carbons (Fsp3) is 0.471. The predicted octanol–water partition coefficient (Wildman–Crippen LogP) is 12.5. The number of hydrogen-bond donors (Lipinski definition) is 0. The zero-order valence-corrected chi connectivity index (χ0v) is 35.7. The average molecular weight is 763 g/mol. The van der Waals surface area contributed by atoms with Gasteiger partial charge in [-0.3, -0.25) is 0 Å². The Labute approximate surface area is 332 Å². The maximum absolute atomic E-state index is 14.5. The second-order valence-corrected chi connectivity index (χ2v) is 21.9. The highest BCUT2D eigenvalue weighted by atomic mass is 16.4. The van der Waals surface area contributed by atoms with E-state index in [1.54, 1.807) is 0 Å². The minimum absolute atomic E-state index is 0.145. The Morgan fingerprint density at radius 2 is 0.491 bits per heavy atom. The van der Waals surface area contributed by atoms with E-state index in [1.165, 1.54) is 16.7 Å². The van der Waals surface area contributed by atoms with Crippen molar-refractivity contribution in [2.45, 2.75) is 154 Å². The van der Waals surface area contributed by atoms with Crippen LogP contribution in [0.1, 0.15) is 155 Å². The summed E-state index contributed by atoms with van der Waals surface area (Å²) in [4.78, 5) is 43.4. The lowest BCUT2D eigenvalue weighted by Gasteiger charge is -2.42. The van der Waals surface area contributed by atoms with Crippen molar-refractivity contribution in [3.05, 3.63) is 101 Å². The largest absolute Gasteiger partial charge is 0.421 e. The summed E-state index contributed by atoms with van der Waals surface area (Å²) in [5.41, 5.74) is 5.43. The Hall–Kier alpha value is -4.71. The molecule has 6 nitrogen and oxygen atoms in total. The molecule has 10 rings (SSSR count). The molecule has 294 valence electrons. The van der Waals surface area contributed by atoms with Crippen LogP contribution >= 0.6 is 0 Å². The summed E-state index contributed by atoms with van der Waals surface area (Å²) in [7, 11) is 0. The zero-order valence-electron chi connectivity index (χ0n) is 35.7. The van der Waals surface area contributed by atoms with Crippen molar-refractivity contribution in [3.63, 3.8) is 0 Å². The first-order chi connectivity index (χ1) is 26.4. The number of benzene rings is 4. The van der Waals surface area contributed by atoms with Crippen molar-refractivity contribution in [1.82, 2.24) is 0 Å². The molecule has 3 heterocycles. The molecule has 57 heavy (non-hydrogen) atoms. The first-order valence-electron chi connectivity index (χ1n) is 20.9. The summed E-state index contributed by atoms with van der Waals surface area (Å²) in [6.07, 6.45) is 5.95. The maximum atomic E-state index is 14.5. The molecule has 0 atom stereocenters. The highest BCUT2D eigenvalue weighted by Crippen LogP contribution is 2.53. The fourth-order valence-electron chi connectivity index (χ4n) is 11.1. The van der Waals surface area contributed by atoms with Crippen LogP contribution in [0.5, 0.6) is 0 Å². The van der Waals surface area contributed by atoms with Crippen LogP contribution in [0.3, 0.4) is 0 Å². The minimum Gasteiger partial charge on any atom is -0.421 e. The third-order valence-electron chi connectivity index (χ3n) is 15.4. The van der Waals surface area contributed by atoms with E-state index in [2.05, 4.69) is 101 Å². The molecule has 0 bridgehead atoms. The van der Waals surface area contributed by atoms with E-state index in [1.807, 2.05) is 18.2 Å². The van der Waals surface area contributed by atoms with Crippen LogP contribution in [-0.4, -0.2) is 0 Å². The summed E-state index contributed by atoms with van der Waals surface area (Å²) in [6, 6.07) is 12.6. The van der Waals surface area contributed by atoms with Gasteiger partial charge in [-0.1, -0.05) is 83.1 Å². The van der Waals surface area contributed by atoms with Crippen molar-refractivity contribution in [1.29, 1.82) is 0 Å². The SMILES string of the molecule is CC1(C)CCC(C)(C)c2cc3c(cc21)c(=O)oc1c3c2oc(=O)c3cc4c(cc3c2c2oc(=O)c3cc5c(cc3c12)C(C)(C)CCC5(C)C)C(C)(C)CCC4(C)C. The van der Waals surface area contributed by atoms with Gasteiger partial charge in [-0.05, 0) is 141 Å². The van der Waals surface area contributed by atoms with Gasteiger partial charge < -0.3 is 13.3 Å². The van der Waals surface area contributed by atoms with Gasteiger partial charge in [-0.2, -0.15) is 0 Å². The summed E-state index contributed by atoms with van der Waals surface area (Å²) in [5, 5.41) is 5.05. The molecule has 0 unspecified atom stereocenters. The second-order valence-electron chi connectivity index (χ2n) is 21.9. The maximum Gasteiger partial charge on any atom is 0.344 e. The Balaban J connectivity index is 1.52. The van der Waals surface area contributed by atoms with Gasteiger partial charge in [0.05, 0.1) is 32.3 Å². The molecule has 3 aliphatic carbocycles. The Morgan fingerprint density at radius 1 is 0.316 bits per heavy atom. The van der Waals surface area contributed by atoms with Gasteiger partial charge in [0, 0.05) is 16.2 Å². The zero-order chi connectivity index (χ0) is 40.7. The highest BCUT2D eigenvalue weighted by molar-refractivity contribution is 6.34. The van der Waals surface area contributed by atoms with Crippen LogP contribution in [-0.2, 0) is 32.5 Å². The van der Waals surface area contributed by atoms with Crippen LogP contribution in [0, 0.1) is 0 Å². The van der Waals surface area contributed by atoms with Crippen molar-refractivity contribution in [3.8, 4) is 0 Å². The second kappa shape index (κ2) is 10.9. The summed E-state index contributed by atoms with van der Waals surface area (Å²) >= 11 is 0. The van der Waals surface area contributed by atoms with Crippen LogP contribution in [0.4, 0.5) is 0 Å². The molecule has 7 aromatic rings. The van der Waals surface area contributed by atoms with E-state index in [0.29, 0.717) is 48.5 Å². The van der Waals surface area contributed by atoms with Gasteiger partial charge in [-0.15, -0.1) is 0 Å². The highest BCUT2D eigenvalue weighted by Gasteiger charge is 2.41. The van der Waals surface area contributed by atoms with Gasteiger partial charge in [0.25, 0.3) is 0 Å². The van der Waals surface area contributed by atoms with Crippen LogP contribution in [0.25, 0.3) is 65.2 Å². The average Bonchev–Trinajstić information content (AvgIpc) is 3.13. The topological polar surface area (TPSA) is 90.6 Å². The molecule has 4 aromatic carbocycles. The monoisotopic (exact) mass is 762 g/mol. The summed E-state index contributed by atoms with van der Waals surface area (Å²) in [5.74, 6) is 0. The van der Waals surface area contributed by atoms with Gasteiger partial charge in [-0.25, -0.2) is 14.4 Å². The van der Waals surface area contributed by atoms with Crippen LogP contribution < -0.4 is 16.9 Å². The third kappa shape index (κ3) is 4.85. The van der Waals surface area contributed by atoms with Gasteiger partial charge in [0.1, 0.15) is 0 Å². The quantitative estimate of drug-likeness (QED) is 0.113. The molecule has 0 radical (unpaired) electrons. The van der Waals surface area contributed by atoms with E-state index >= 15 is 0 Å². The smallest absolute Gasteiger partial charge is 0.344 e. The van der Waals surface area contributed by atoms with E-state index in [9.17, 15) is 14.4 Å². The van der Waals surface area contributed by atoms with E-state index in [4.69, 9.17) is 13.3 Å². The molecule has 0 N–H and O–H groups in total. The predicted molar refractivity (Wildman–Crippen MR) is 233 cm³/mol. The Kier molecular flexibility index (Phi) is 6.98. The molecule has 0 spiro atoms. The first kappa shape index (κ1) is 36.6. The van der Waals surface area contributed by atoms with Crippen molar-refractivity contribution in [2.75, 3.05) is 0 Å². The normalized spacial score (nSPS) is 21.3. The number of fused-ring (bicyclic) bond motifs is 15. The van der Waals surface area contributed by atoms with Crippen molar-refractivity contribution >= 4 is 65.2 Å². The van der Waals surface area contributed by atoms with E-state index in [-0.39, 0.29) is 49.2 Å². The Morgan fingerprint density at radius 3 is 0.684 bits per heavy atom. The number of rotatable bonds is 0. The lowest BCUT2D eigenvalue weighted by molar-refractivity contribution is 0.332. The molecule has 3 aromatic heterocycles. The van der Waals surface area contributed by atoms with Gasteiger partial charge in [0.2, 0.25) is 0 Å². The van der Waals surface area contributed by atoms with Gasteiger partial charge >= 0.3 is 16.9 Å². The van der Waals surface area contributed by atoms with Gasteiger partial charge in [0.15, 0.2) is 16.7 Å². The molecular weight excluding hydrogens is 709 g/mol. The standard InChI is InChI=1S/C51H54O6/c1-46(2)13-16-49(7,8)34-22-28-25(19-31(34)46)37-40(55-43(28)52)38-27-21-33-36(51(11,12)18-15-48(33,5)6)24-30(27)45(54)57-42(38)39-26-20-32-35(23-29(26)44(53)56-41(37)39)50(9,10)17-14-47(32,3)4/h19-24H,13-18H2,1-12H3. The molecule has 6 heteroatoms. The van der Waals surface area contributed by atoms with Crippen molar-refractivity contribution in [2.24, 2.45) is 0 Å². The molecule has 0 amide bonds. The third-order valence-corrected chi connectivity index (χ3v) is 15.4. The summed E-state index contributed by atoms with van der Waals surface area (Å²) in [6.45, 7) is 27.0. The fourth-order valence-corrected chi connectivity index (χ4v) is 11.1. The first-order valence-corrected chi connectivity index (χ1v) is 20.9. The van der Waals surface area contributed by atoms with Crippen LogP contribution in [0.2, 0.25) is 0 Å². The molecule has 0 saturated heterocycles. The lowest BCUT2D eigenvalue weighted by atomic mass is 9.62. The molecule has 0 fully saturated rings. The van der Waals surface area contributed by atoms with E-state index in [0.717, 1.165) is 55.2 Å². The lowest BCUT2D eigenvalue weighted by Crippen LogP contribution is -2.34. The molecule has 0 aliphatic heterocycles. The van der Waals surface area contributed by atoms with Crippen LogP contribution in [0.15, 0.2) is 64.0 Å². The molecular formula is C51H54O6. The van der Waals surface area contributed by atoms with E-state index < -0.39 is 16.9 Å². The number of hydrogen-bond acceptors (Lipinski definition) is 6. The summed E-state index contributed by atoms with van der Waals surface area (Å²) < 4.78 is 19.5. The van der Waals surface area contributed by atoms with Crippen molar-refractivity contribution < 1.29 is 13.3 Å². The molecule has 0 saturated carbocycles. The minimum atomic E-state index is -0.472. The Bertz CT molecular complexity index is 2820. The molecule has 3 aliphatic rings.